The van der Waals surface area contributed by atoms with E-state index >= 15 is 0 Å². The Morgan fingerprint density at radius 3 is 1.16 bits per heavy atom. The first-order valence-corrected chi connectivity index (χ1v) is 24.1. The van der Waals surface area contributed by atoms with Gasteiger partial charge in [-0.05, 0) is 87.5 Å². The molecule has 0 fully saturated rings. The lowest BCUT2D eigenvalue weighted by atomic mass is 10.1. The molecule has 0 spiro atoms. The normalized spacial score (nSPS) is 12.1. The molecule has 13 rings (SSSR count). The molecule has 13 aromatic rings. The van der Waals surface area contributed by atoms with Gasteiger partial charge in [0, 0.05) is 43.7 Å². The summed E-state index contributed by atoms with van der Waals surface area (Å²) in [5.74, 6) is 0. The van der Waals surface area contributed by atoms with Crippen molar-refractivity contribution >= 4 is 94.2 Å². The van der Waals surface area contributed by atoms with Crippen molar-refractivity contribution in [1.29, 1.82) is 0 Å². The van der Waals surface area contributed by atoms with E-state index in [2.05, 4.69) is 262 Å². The molecule has 4 heteroatoms. The van der Waals surface area contributed by atoms with Gasteiger partial charge in [-0.15, -0.1) is 0 Å². The van der Waals surface area contributed by atoms with E-state index in [9.17, 15) is 0 Å². The molecule has 0 aliphatic carbocycles. The van der Waals surface area contributed by atoms with Gasteiger partial charge in [-0.25, -0.2) is 0 Å². The molecule has 0 saturated carbocycles. The van der Waals surface area contributed by atoms with Gasteiger partial charge in [0.15, 0.2) is 8.07 Å². The fourth-order valence-electron chi connectivity index (χ4n) is 11.0. The lowest BCUT2D eigenvalue weighted by Crippen LogP contribution is -2.74. The quantitative estimate of drug-likeness (QED) is 0.112. The van der Waals surface area contributed by atoms with E-state index in [1.54, 1.807) is 0 Å². The predicted octanol–water partition coefficient (Wildman–Crippen LogP) is 12.4. The molecule has 0 N–H and O–H groups in total. The number of rotatable bonds is 7. The molecule has 0 atom stereocenters. The van der Waals surface area contributed by atoms with Crippen LogP contribution in [-0.2, 0) is 0 Å². The minimum Gasteiger partial charge on any atom is -0.309 e. The summed E-state index contributed by atoms with van der Waals surface area (Å²) in [6.45, 7) is 0. The first-order valence-electron chi connectivity index (χ1n) is 22.1. The maximum atomic E-state index is 2.46. The van der Waals surface area contributed by atoms with E-state index in [1.807, 2.05) is 0 Å². The number of benzene rings is 10. The topological polar surface area (TPSA) is 14.8 Å². The standard InChI is InChI=1S/C60H41N3Si/c1-4-19-44(20-5-1)64(45-21-6-2-7-22-45,46-23-8-3-9-24-46)47-38-35-42(36-39-47)61-53-29-14-12-27-50(53)52-41-43(37-40-57(52)61)62-56-32-17-13-28-51(56)60-58(62)33-18-34-59(60)63-54-30-15-10-25-48(54)49-26-11-16-31-55(49)63/h1-41H. The van der Waals surface area contributed by atoms with Crippen LogP contribution < -0.4 is 20.7 Å². The smallest absolute Gasteiger partial charge is 0.179 e. The first kappa shape index (κ1) is 36.5. The van der Waals surface area contributed by atoms with Gasteiger partial charge in [-0.3, -0.25) is 0 Å². The van der Waals surface area contributed by atoms with Gasteiger partial charge in [0.25, 0.3) is 0 Å². The van der Waals surface area contributed by atoms with E-state index < -0.39 is 8.07 Å². The molecule has 0 aliphatic rings. The summed E-state index contributed by atoms with van der Waals surface area (Å²) in [5, 5.41) is 12.9. The van der Waals surface area contributed by atoms with Crippen molar-refractivity contribution in [2.45, 2.75) is 0 Å². The van der Waals surface area contributed by atoms with E-state index in [0.29, 0.717) is 0 Å². The van der Waals surface area contributed by atoms with E-state index in [-0.39, 0.29) is 0 Å². The average Bonchev–Trinajstić information content (AvgIpc) is 4.01. The number of hydrogen-bond acceptors (Lipinski definition) is 0. The Hall–Kier alpha value is -8.18. The van der Waals surface area contributed by atoms with Crippen molar-refractivity contribution in [1.82, 2.24) is 13.7 Å². The molecule has 64 heavy (non-hydrogen) atoms. The molecule has 10 aromatic carbocycles. The molecule has 3 heterocycles. The SMILES string of the molecule is c1ccc([Si](c2ccccc2)(c2ccccc2)c2ccc(-n3c4ccccc4c4cc(-n5c6ccccc6c6c(-n7c8ccccc8c8ccccc87)cccc65)ccc43)cc2)cc1. The number of fused-ring (bicyclic) bond motifs is 9. The van der Waals surface area contributed by atoms with Crippen molar-refractivity contribution in [2.75, 3.05) is 0 Å². The average molecular weight is 832 g/mol. The third kappa shape index (κ3) is 5.27. The van der Waals surface area contributed by atoms with Crippen LogP contribution in [-0.4, -0.2) is 21.8 Å². The van der Waals surface area contributed by atoms with Crippen LogP contribution >= 0.6 is 0 Å². The van der Waals surface area contributed by atoms with Crippen molar-refractivity contribution in [3.63, 3.8) is 0 Å². The lowest BCUT2D eigenvalue weighted by Gasteiger charge is -2.34. The van der Waals surface area contributed by atoms with Crippen molar-refractivity contribution in [3.05, 3.63) is 249 Å². The molecule has 3 aromatic heterocycles. The van der Waals surface area contributed by atoms with Crippen molar-refractivity contribution < 1.29 is 0 Å². The van der Waals surface area contributed by atoms with Gasteiger partial charge < -0.3 is 13.7 Å². The Kier molecular flexibility index (Phi) is 8.23. The van der Waals surface area contributed by atoms with Crippen LogP contribution in [0.1, 0.15) is 0 Å². The minimum absolute atomic E-state index is 1.14. The second-order valence-electron chi connectivity index (χ2n) is 16.8. The predicted molar refractivity (Wildman–Crippen MR) is 273 cm³/mol. The van der Waals surface area contributed by atoms with Crippen LogP contribution in [0.25, 0.3) is 82.5 Å². The largest absolute Gasteiger partial charge is 0.309 e. The molecule has 0 amide bonds. The summed E-state index contributed by atoms with van der Waals surface area (Å²) in [5.41, 5.74) is 10.6. The minimum atomic E-state index is -2.66. The monoisotopic (exact) mass is 831 g/mol. The van der Waals surface area contributed by atoms with E-state index in [4.69, 9.17) is 0 Å². The van der Waals surface area contributed by atoms with E-state index in [0.717, 1.165) is 11.4 Å². The third-order valence-electron chi connectivity index (χ3n) is 13.6. The molecule has 300 valence electrons. The summed E-state index contributed by atoms with van der Waals surface area (Å²) in [7, 11) is -2.66. The fraction of sp³-hybridized carbons (Fsp3) is 0. The highest BCUT2D eigenvalue weighted by molar-refractivity contribution is 7.19. The molecular formula is C60H41N3Si. The second-order valence-corrected chi connectivity index (χ2v) is 20.7. The van der Waals surface area contributed by atoms with E-state index in [1.165, 1.54) is 91.9 Å². The van der Waals surface area contributed by atoms with Gasteiger partial charge in [0.05, 0.1) is 38.8 Å². The second kappa shape index (κ2) is 14.5. The highest BCUT2D eigenvalue weighted by Gasteiger charge is 2.41. The third-order valence-corrected chi connectivity index (χ3v) is 18.4. The summed E-state index contributed by atoms with van der Waals surface area (Å²) in [4.78, 5) is 0. The van der Waals surface area contributed by atoms with Gasteiger partial charge in [-0.1, -0.05) is 182 Å². The summed E-state index contributed by atoms with van der Waals surface area (Å²) >= 11 is 0. The van der Waals surface area contributed by atoms with Crippen LogP contribution in [0.2, 0.25) is 0 Å². The zero-order valence-corrected chi connectivity index (χ0v) is 36.0. The molecule has 0 saturated heterocycles. The molecular weight excluding hydrogens is 791 g/mol. The Morgan fingerprint density at radius 1 is 0.234 bits per heavy atom. The Balaban J connectivity index is 1.00. The van der Waals surface area contributed by atoms with Gasteiger partial charge in [0.2, 0.25) is 0 Å². The number of nitrogens with zero attached hydrogens (tertiary/aromatic N) is 3. The maximum Gasteiger partial charge on any atom is 0.179 e. The molecule has 0 radical (unpaired) electrons. The summed E-state index contributed by atoms with van der Waals surface area (Å²) in [6, 6.07) is 92.1. The highest BCUT2D eigenvalue weighted by Crippen LogP contribution is 2.41. The van der Waals surface area contributed by atoms with Crippen LogP contribution in [0.4, 0.5) is 0 Å². The first-order chi connectivity index (χ1) is 31.8. The van der Waals surface area contributed by atoms with Crippen LogP contribution in [0, 0.1) is 0 Å². The van der Waals surface area contributed by atoms with Gasteiger partial charge in [-0.2, -0.15) is 0 Å². The fourth-order valence-corrected chi connectivity index (χ4v) is 15.7. The Bertz CT molecular complexity index is 3730. The summed E-state index contributed by atoms with van der Waals surface area (Å²) < 4.78 is 7.36. The highest BCUT2D eigenvalue weighted by atomic mass is 28.3. The maximum absolute atomic E-state index is 2.66. The summed E-state index contributed by atoms with van der Waals surface area (Å²) in [6.07, 6.45) is 0. The zero-order chi connectivity index (χ0) is 42.2. The van der Waals surface area contributed by atoms with Crippen LogP contribution in [0.15, 0.2) is 249 Å². The number of aromatic nitrogens is 3. The van der Waals surface area contributed by atoms with Gasteiger partial charge >= 0.3 is 0 Å². The van der Waals surface area contributed by atoms with Crippen LogP contribution in [0.3, 0.4) is 0 Å². The molecule has 0 bridgehead atoms. The number of para-hydroxylation sites is 4. The molecule has 0 unspecified atom stereocenters. The Labute approximate surface area is 372 Å². The molecule has 3 nitrogen and oxygen atoms in total. The lowest BCUT2D eigenvalue weighted by molar-refractivity contribution is 1.16. The van der Waals surface area contributed by atoms with Crippen molar-refractivity contribution in [2.24, 2.45) is 0 Å². The number of hydrogen-bond donors (Lipinski definition) is 0. The van der Waals surface area contributed by atoms with Crippen LogP contribution in [0.5, 0.6) is 0 Å². The van der Waals surface area contributed by atoms with Gasteiger partial charge in [0.1, 0.15) is 0 Å². The molecule has 0 aliphatic heterocycles. The Morgan fingerprint density at radius 2 is 0.609 bits per heavy atom. The zero-order valence-electron chi connectivity index (χ0n) is 35.0. The van der Waals surface area contributed by atoms with Crippen molar-refractivity contribution in [3.8, 4) is 17.1 Å².